The van der Waals surface area contributed by atoms with Gasteiger partial charge in [0.05, 0.1) is 12.0 Å². The van der Waals surface area contributed by atoms with Crippen molar-refractivity contribution >= 4 is 18.0 Å². The van der Waals surface area contributed by atoms with E-state index < -0.39 is 12.0 Å². The predicted octanol–water partition coefficient (Wildman–Crippen LogP) is 2.21. The van der Waals surface area contributed by atoms with Crippen molar-refractivity contribution in [1.29, 1.82) is 0 Å². The molecule has 0 saturated heterocycles. The molecule has 0 radical (unpaired) electrons. The third kappa shape index (κ3) is 1.70. The Bertz CT molecular complexity index is 387. The number of hydrogen-bond donors (Lipinski definition) is 1. The molecule has 0 fully saturated rings. The van der Waals surface area contributed by atoms with Crippen LogP contribution in [0.3, 0.4) is 0 Å². The first-order chi connectivity index (χ1) is 7.06. The Morgan fingerprint density at radius 2 is 2.07 bits per heavy atom. The minimum atomic E-state index is -0.616. The molecule has 0 aromatic heterocycles. The van der Waals surface area contributed by atoms with Gasteiger partial charge in [0, 0.05) is 9.64 Å². The van der Waals surface area contributed by atoms with Gasteiger partial charge in [0.2, 0.25) is 0 Å². The molecule has 15 heavy (non-hydrogen) atoms. The third-order valence-corrected chi connectivity index (χ3v) is 4.21. The van der Waals surface area contributed by atoms with Crippen molar-refractivity contribution in [3.8, 4) is 0 Å². The van der Waals surface area contributed by atoms with E-state index in [1.165, 1.54) is 0 Å². The Morgan fingerprint density at radius 1 is 1.40 bits per heavy atom. The molecule has 1 aromatic carbocycles. The van der Waals surface area contributed by atoms with E-state index in [9.17, 15) is 9.90 Å². The number of carbonyl (C=O) groups excluding carboxylic acids is 1. The van der Waals surface area contributed by atoms with Crippen molar-refractivity contribution < 1.29 is 9.90 Å². The smallest absolute Gasteiger partial charge is 0.130 e. The molecule has 1 N–H and O–H groups in total. The molecule has 0 bridgehead atoms. The van der Waals surface area contributed by atoms with E-state index in [0.29, 0.717) is 0 Å². The van der Waals surface area contributed by atoms with E-state index >= 15 is 0 Å². The predicted molar refractivity (Wildman–Crippen MR) is 61.2 cm³/mol. The third-order valence-electron chi connectivity index (χ3n) is 2.85. The molecule has 3 heteroatoms. The fraction of sp³-hybridized carbons (Fsp3) is 0.417. The quantitative estimate of drug-likeness (QED) is 0.740. The molecule has 2 nitrogen and oxygen atoms in total. The van der Waals surface area contributed by atoms with Crippen LogP contribution in [0, 0.1) is 0 Å². The summed E-state index contributed by atoms with van der Waals surface area (Å²) in [6.07, 6.45) is 0.236. The van der Waals surface area contributed by atoms with Gasteiger partial charge in [-0.15, -0.1) is 11.8 Å². The molecule has 2 unspecified atom stereocenters. The van der Waals surface area contributed by atoms with Crippen LogP contribution >= 0.6 is 11.8 Å². The SMILES string of the molecule is CC1(C)Sc2ccccc2C(C=O)C1O. The summed E-state index contributed by atoms with van der Waals surface area (Å²) in [4.78, 5) is 12.2. The Kier molecular flexibility index (Phi) is 2.61. The van der Waals surface area contributed by atoms with Gasteiger partial charge in [0.25, 0.3) is 0 Å². The molecular formula is C12H14O2S. The summed E-state index contributed by atoms with van der Waals surface area (Å²) in [6, 6.07) is 7.78. The average Bonchev–Trinajstić information content (AvgIpc) is 2.19. The zero-order chi connectivity index (χ0) is 11.1. The van der Waals surface area contributed by atoms with Crippen LogP contribution in [-0.2, 0) is 4.79 Å². The van der Waals surface area contributed by atoms with Gasteiger partial charge in [0.15, 0.2) is 0 Å². The molecule has 2 rings (SSSR count). The molecule has 1 aliphatic heterocycles. The summed E-state index contributed by atoms with van der Waals surface area (Å²) in [5.74, 6) is -0.391. The maximum absolute atomic E-state index is 11.1. The molecule has 1 aliphatic rings. The fourth-order valence-electron chi connectivity index (χ4n) is 1.94. The molecule has 0 spiro atoms. The number of aliphatic hydroxyl groups excluding tert-OH is 1. The summed E-state index contributed by atoms with van der Waals surface area (Å²) >= 11 is 1.63. The highest BCUT2D eigenvalue weighted by Crippen LogP contribution is 2.47. The monoisotopic (exact) mass is 222 g/mol. The van der Waals surface area contributed by atoms with E-state index in [-0.39, 0.29) is 4.75 Å². The van der Waals surface area contributed by atoms with Crippen LogP contribution in [0.5, 0.6) is 0 Å². The van der Waals surface area contributed by atoms with Crippen LogP contribution in [0.2, 0.25) is 0 Å². The number of hydrogen-bond acceptors (Lipinski definition) is 3. The van der Waals surface area contributed by atoms with Crippen LogP contribution < -0.4 is 0 Å². The lowest BCUT2D eigenvalue weighted by Gasteiger charge is -2.39. The van der Waals surface area contributed by atoms with Crippen LogP contribution in [0.25, 0.3) is 0 Å². The standard InChI is InChI=1S/C12H14O2S/c1-12(2)11(14)9(7-13)8-5-3-4-6-10(8)15-12/h3-7,9,11,14H,1-2H3. The molecule has 0 saturated carbocycles. The number of aldehydes is 1. The Labute approximate surface area is 93.7 Å². The van der Waals surface area contributed by atoms with Crippen molar-refractivity contribution in [3.05, 3.63) is 29.8 Å². The number of carbonyl (C=O) groups is 1. The molecule has 2 atom stereocenters. The van der Waals surface area contributed by atoms with Crippen molar-refractivity contribution in [2.24, 2.45) is 0 Å². The summed E-state index contributed by atoms with van der Waals surface area (Å²) < 4.78 is -0.306. The van der Waals surface area contributed by atoms with E-state index in [2.05, 4.69) is 0 Å². The lowest BCUT2D eigenvalue weighted by molar-refractivity contribution is -0.111. The fourth-order valence-corrected chi connectivity index (χ4v) is 3.25. The second-order valence-electron chi connectivity index (χ2n) is 4.35. The zero-order valence-electron chi connectivity index (χ0n) is 8.81. The first kappa shape index (κ1) is 10.7. The molecule has 0 aliphatic carbocycles. The minimum absolute atomic E-state index is 0.306. The highest BCUT2D eigenvalue weighted by atomic mass is 32.2. The second-order valence-corrected chi connectivity index (χ2v) is 6.05. The van der Waals surface area contributed by atoms with E-state index in [1.807, 2.05) is 38.1 Å². The van der Waals surface area contributed by atoms with Gasteiger partial charge < -0.3 is 9.90 Å². The zero-order valence-corrected chi connectivity index (χ0v) is 9.62. The van der Waals surface area contributed by atoms with Gasteiger partial charge in [-0.3, -0.25) is 0 Å². The number of rotatable bonds is 1. The average molecular weight is 222 g/mol. The highest BCUT2D eigenvalue weighted by molar-refractivity contribution is 8.00. The first-order valence-electron chi connectivity index (χ1n) is 4.97. The van der Waals surface area contributed by atoms with Crippen LogP contribution in [0.15, 0.2) is 29.2 Å². The number of thioether (sulfide) groups is 1. The molecule has 1 aromatic rings. The van der Waals surface area contributed by atoms with Gasteiger partial charge in [-0.05, 0) is 25.5 Å². The van der Waals surface area contributed by atoms with Crippen molar-refractivity contribution in [2.75, 3.05) is 0 Å². The molecular weight excluding hydrogens is 208 g/mol. The number of benzene rings is 1. The van der Waals surface area contributed by atoms with Gasteiger partial charge >= 0.3 is 0 Å². The van der Waals surface area contributed by atoms with Gasteiger partial charge in [-0.25, -0.2) is 0 Å². The first-order valence-corrected chi connectivity index (χ1v) is 5.79. The van der Waals surface area contributed by atoms with Crippen molar-refractivity contribution in [1.82, 2.24) is 0 Å². The lowest BCUT2D eigenvalue weighted by Crippen LogP contribution is -2.41. The molecule has 1 heterocycles. The van der Waals surface area contributed by atoms with E-state index in [4.69, 9.17) is 0 Å². The Balaban J connectivity index is 2.52. The van der Waals surface area contributed by atoms with Gasteiger partial charge in [-0.1, -0.05) is 18.2 Å². The second kappa shape index (κ2) is 3.65. The van der Waals surface area contributed by atoms with Crippen molar-refractivity contribution in [3.63, 3.8) is 0 Å². The number of fused-ring (bicyclic) bond motifs is 1. The van der Waals surface area contributed by atoms with Gasteiger partial charge in [0.1, 0.15) is 6.29 Å². The normalized spacial score (nSPS) is 28.2. The highest BCUT2D eigenvalue weighted by Gasteiger charge is 2.41. The lowest BCUT2D eigenvalue weighted by atomic mass is 9.87. The van der Waals surface area contributed by atoms with E-state index in [1.54, 1.807) is 11.8 Å². The van der Waals surface area contributed by atoms with E-state index in [0.717, 1.165) is 16.7 Å². The Hall–Kier alpha value is -0.800. The van der Waals surface area contributed by atoms with Crippen LogP contribution in [0.1, 0.15) is 25.3 Å². The summed E-state index contributed by atoms with van der Waals surface area (Å²) in [5, 5.41) is 10.1. The Morgan fingerprint density at radius 3 is 2.73 bits per heavy atom. The molecule has 80 valence electrons. The van der Waals surface area contributed by atoms with Crippen molar-refractivity contribution in [2.45, 2.75) is 35.5 Å². The molecule has 0 amide bonds. The summed E-state index contributed by atoms with van der Waals surface area (Å²) in [5.41, 5.74) is 0.948. The van der Waals surface area contributed by atoms with Crippen LogP contribution in [-0.4, -0.2) is 22.2 Å². The summed E-state index contributed by atoms with van der Waals surface area (Å²) in [6.45, 7) is 3.93. The topological polar surface area (TPSA) is 37.3 Å². The number of aliphatic hydroxyl groups is 1. The maximum Gasteiger partial charge on any atom is 0.130 e. The maximum atomic E-state index is 11.1. The summed E-state index contributed by atoms with van der Waals surface area (Å²) in [7, 11) is 0. The minimum Gasteiger partial charge on any atom is -0.391 e. The largest absolute Gasteiger partial charge is 0.391 e. The van der Waals surface area contributed by atoms with Gasteiger partial charge in [-0.2, -0.15) is 0 Å². The van der Waals surface area contributed by atoms with Crippen LogP contribution in [0.4, 0.5) is 0 Å².